The summed E-state index contributed by atoms with van der Waals surface area (Å²) in [5.74, 6) is 2.51. The SMILES string of the molecule is CCOc1ccc(CNC2CCC(C)C2)cc1OC. The average molecular weight is 263 g/mol. The summed E-state index contributed by atoms with van der Waals surface area (Å²) in [6.45, 7) is 5.88. The number of rotatable bonds is 6. The van der Waals surface area contributed by atoms with Gasteiger partial charge in [-0.3, -0.25) is 0 Å². The highest BCUT2D eigenvalue weighted by molar-refractivity contribution is 5.42. The van der Waals surface area contributed by atoms with Gasteiger partial charge in [0.15, 0.2) is 11.5 Å². The van der Waals surface area contributed by atoms with E-state index >= 15 is 0 Å². The molecule has 1 N–H and O–H groups in total. The van der Waals surface area contributed by atoms with Gasteiger partial charge in [0.2, 0.25) is 0 Å². The van der Waals surface area contributed by atoms with Crippen molar-refractivity contribution in [2.45, 2.75) is 45.7 Å². The molecule has 2 atom stereocenters. The van der Waals surface area contributed by atoms with Crippen molar-refractivity contribution in [1.29, 1.82) is 0 Å². The highest BCUT2D eigenvalue weighted by atomic mass is 16.5. The van der Waals surface area contributed by atoms with E-state index in [4.69, 9.17) is 9.47 Å². The van der Waals surface area contributed by atoms with E-state index in [0.717, 1.165) is 24.0 Å². The molecule has 1 aliphatic rings. The molecule has 2 unspecified atom stereocenters. The van der Waals surface area contributed by atoms with Crippen molar-refractivity contribution in [3.05, 3.63) is 23.8 Å². The molecular formula is C16H25NO2. The quantitative estimate of drug-likeness (QED) is 0.853. The molecule has 0 spiro atoms. The fourth-order valence-electron chi connectivity index (χ4n) is 2.75. The van der Waals surface area contributed by atoms with E-state index in [1.54, 1.807) is 7.11 Å². The Hall–Kier alpha value is -1.22. The van der Waals surface area contributed by atoms with Gasteiger partial charge in [0.25, 0.3) is 0 Å². The van der Waals surface area contributed by atoms with Crippen molar-refractivity contribution in [3.8, 4) is 11.5 Å². The third-order valence-electron chi connectivity index (χ3n) is 3.82. The number of benzene rings is 1. The molecule has 0 radical (unpaired) electrons. The lowest BCUT2D eigenvalue weighted by Crippen LogP contribution is -2.25. The minimum absolute atomic E-state index is 0.661. The summed E-state index contributed by atoms with van der Waals surface area (Å²) in [5.41, 5.74) is 1.25. The van der Waals surface area contributed by atoms with Gasteiger partial charge >= 0.3 is 0 Å². The van der Waals surface area contributed by atoms with E-state index in [1.807, 2.05) is 13.0 Å². The molecule has 1 fully saturated rings. The van der Waals surface area contributed by atoms with Gasteiger partial charge in [-0.2, -0.15) is 0 Å². The topological polar surface area (TPSA) is 30.5 Å². The molecule has 0 heterocycles. The average Bonchev–Trinajstić information content (AvgIpc) is 2.83. The zero-order valence-electron chi connectivity index (χ0n) is 12.2. The maximum absolute atomic E-state index is 5.53. The van der Waals surface area contributed by atoms with Crippen LogP contribution in [0.5, 0.6) is 11.5 Å². The molecule has 1 aromatic rings. The van der Waals surface area contributed by atoms with Crippen LogP contribution in [0.2, 0.25) is 0 Å². The first-order valence-corrected chi connectivity index (χ1v) is 7.26. The third kappa shape index (κ3) is 3.87. The molecule has 2 rings (SSSR count). The van der Waals surface area contributed by atoms with E-state index in [-0.39, 0.29) is 0 Å². The summed E-state index contributed by atoms with van der Waals surface area (Å²) in [5, 5.41) is 3.63. The molecule has 3 nitrogen and oxygen atoms in total. The summed E-state index contributed by atoms with van der Waals surface area (Å²) in [6, 6.07) is 6.85. The van der Waals surface area contributed by atoms with Gasteiger partial charge < -0.3 is 14.8 Å². The zero-order chi connectivity index (χ0) is 13.7. The van der Waals surface area contributed by atoms with Crippen LogP contribution in [0.1, 0.15) is 38.7 Å². The van der Waals surface area contributed by atoms with Crippen LogP contribution < -0.4 is 14.8 Å². The fourth-order valence-corrected chi connectivity index (χ4v) is 2.75. The molecule has 0 saturated heterocycles. The number of nitrogens with one attached hydrogen (secondary N) is 1. The second-order valence-corrected chi connectivity index (χ2v) is 5.41. The Balaban J connectivity index is 1.93. The van der Waals surface area contributed by atoms with Gasteiger partial charge in [0, 0.05) is 12.6 Å². The van der Waals surface area contributed by atoms with E-state index in [2.05, 4.69) is 24.4 Å². The van der Waals surface area contributed by atoms with Crippen LogP contribution in [0.3, 0.4) is 0 Å². The first kappa shape index (κ1) is 14.2. The number of ether oxygens (including phenoxy) is 2. The van der Waals surface area contributed by atoms with Crippen LogP contribution in [0.25, 0.3) is 0 Å². The Bertz CT molecular complexity index is 406. The van der Waals surface area contributed by atoms with Gasteiger partial charge in [-0.1, -0.05) is 13.0 Å². The molecule has 106 valence electrons. The summed E-state index contributed by atoms with van der Waals surface area (Å²) < 4.78 is 10.9. The predicted molar refractivity (Wildman–Crippen MR) is 77.8 cm³/mol. The maximum Gasteiger partial charge on any atom is 0.161 e. The molecule has 19 heavy (non-hydrogen) atoms. The Morgan fingerprint density at radius 2 is 2.11 bits per heavy atom. The highest BCUT2D eigenvalue weighted by Gasteiger charge is 2.20. The monoisotopic (exact) mass is 263 g/mol. The fraction of sp³-hybridized carbons (Fsp3) is 0.625. The lowest BCUT2D eigenvalue weighted by Gasteiger charge is -2.14. The standard InChI is InChI=1S/C16H25NO2/c1-4-19-15-8-6-13(10-16(15)18-3)11-17-14-7-5-12(2)9-14/h6,8,10,12,14,17H,4-5,7,9,11H2,1-3H3. The molecule has 0 aliphatic heterocycles. The second kappa shape index (κ2) is 6.80. The van der Waals surface area contributed by atoms with Gasteiger partial charge in [0.05, 0.1) is 13.7 Å². The molecule has 1 aromatic carbocycles. The number of methoxy groups -OCH3 is 1. The van der Waals surface area contributed by atoms with E-state index in [0.29, 0.717) is 12.6 Å². The highest BCUT2D eigenvalue weighted by Crippen LogP contribution is 2.29. The lowest BCUT2D eigenvalue weighted by atomic mass is 10.1. The normalized spacial score (nSPS) is 22.5. The Kier molecular flexibility index (Phi) is 5.08. The Labute approximate surface area is 116 Å². The smallest absolute Gasteiger partial charge is 0.161 e. The van der Waals surface area contributed by atoms with Crippen molar-refractivity contribution in [2.75, 3.05) is 13.7 Å². The molecule has 0 aromatic heterocycles. The van der Waals surface area contributed by atoms with Crippen molar-refractivity contribution >= 4 is 0 Å². The van der Waals surface area contributed by atoms with E-state index in [9.17, 15) is 0 Å². The first-order valence-electron chi connectivity index (χ1n) is 7.26. The van der Waals surface area contributed by atoms with Crippen LogP contribution >= 0.6 is 0 Å². The van der Waals surface area contributed by atoms with Gasteiger partial charge in [-0.25, -0.2) is 0 Å². The van der Waals surface area contributed by atoms with Crippen molar-refractivity contribution in [2.24, 2.45) is 5.92 Å². The van der Waals surface area contributed by atoms with Gasteiger partial charge in [-0.15, -0.1) is 0 Å². The molecule has 0 bridgehead atoms. The van der Waals surface area contributed by atoms with Crippen LogP contribution in [-0.4, -0.2) is 19.8 Å². The number of hydrogen-bond donors (Lipinski definition) is 1. The van der Waals surface area contributed by atoms with Crippen molar-refractivity contribution in [1.82, 2.24) is 5.32 Å². The predicted octanol–water partition coefficient (Wildman–Crippen LogP) is 3.37. The minimum Gasteiger partial charge on any atom is -0.493 e. The van der Waals surface area contributed by atoms with Crippen molar-refractivity contribution < 1.29 is 9.47 Å². The maximum atomic E-state index is 5.53. The molecule has 1 aliphatic carbocycles. The molecule has 1 saturated carbocycles. The zero-order valence-corrected chi connectivity index (χ0v) is 12.2. The largest absolute Gasteiger partial charge is 0.493 e. The molecule has 0 amide bonds. The molecule has 3 heteroatoms. The summed E-state index contributed by atoms with van der Waals surface area (Å²) in [4.78, 5) is 0. The Morgan fingerprint density at radius 1 is 1.26 bits per heavy atom. The summed E-state index contributed by atoms with van der Waals surface area (Å²) in [7, 11) is 1.69. The van der Waals surface area contributed by atoms with Crippen LogP contribution in [0.15, 0.2) is 18.2 Å². The van der Waals surface area contributed by atoms with Crippen LogP contribution in [0, 0.1) is 5.92 Å². The first-order chi connectivity index (χ1) is 9.22. The van der Waals surface area contributed by atoms with Crippen LogP contribution in [0.4, 0.5) is 0 Å². The van der Waals surface area contributed by atoms with Crippen LogP contribution in [-0.2, 0) is 6.54 Å². The lowest BCUT2D eigenvalue weighted by molar-refractivity contribution is 0.310. The van der Waals surface area contributed by atoms with Crippen molar-refractivity contribution in [3.63, 3.8) is 0 Å². The minimum atomic E-state index is 0.661. The Morgan fingerprint density at radius 3 is 2.74 bits per heavy atom. The number of hydrogen-bond acceptors (Lipinski definition) is 3. The third-order valence-corrected chi connectivity index (χ3v) is 3.82. The molecular weight excluding hydrogens is 238 g/mol. The summed E-state index contributed by atoms with van der Waals surface area (Å²) in [6.07, 6.45) is 3.95. The second-order valence-electron chi connectivity index (χ2n) is 5.41. The summed E-state index contributed by atoms with van der Waals surface area (Å²) >= 11 is 0. The van der Waals surface area contributed by atoms with Gasteiger partial charge in [0.1, 0.15) is 0 Å². The van der Waals surface area contributed by atoms with E-state index in [1.165, 1.54) is 24.8 Å². The van der Waals surface area contributed by atoms with Gasteiger partial charge in [-0.05, 0) is 49.8 Å². The van der Waals surface area contributed by atoms with E-state index < -0.39 is 0 Å².